The van der Waals surface area contributed by atoms with E-state index >= 15 is 0 Å². The highest BCUT2D eigenvalue weighted by molar-refractivity contribution is 5.79. The van der Waals surface area contributed by atoms with Gasteiger partial charge in [-0.1, -0.05) is 0 Å². The van der Waals surface area contributed by atoms with Gasteiger partial charge in [0.05, 0.1) is 6.54 Å². The third-order valence-corrected chi connectivity index (χ3v) is 3.10. The molecule has 0 saturated carbocycles. The van der Waals surface area contributed by atoms with Gasteiger partial charge in [-0.15, -0.1) is 0 Å². The third-order valence-electron chi connectivity index (χ3n) is 3.10. The van der Waals surface area contributed by atoms with Gasteiger partial charge in [-0.05, 0) is 27.8 Å². The number of carbonyl (C=O) groups excluding carboxylic acids is 1. The second-order valence-electron chi connectivity index (χ2n) is 4.41. The number of hydrogen-bond acceptors (Lipinski definition) is 3. The van der Waals surface area contributed by atoms with Crippen LogP contribution in [0.5, 0.6) is 0 Å². The fourth-order valence-corrected chi connectivity index (χ4v) is 2.17. The number of nitrogens with one attached hydrogen (secondary N) is 1. The molecule has 2 atom stereocenters. The van der Waals surface area contributed by atoms with E-state index in [9.17, 15) is 4.79 Å². The Morgan fingerprint density at radius 3 is 2.73 bits per heavy atom. The zero-order valence-corrected chi connectivity index (χ0v) is 10.3. The van der Waals surface area contributed by atoms with E-state index in [0.717, 1.165) is 19.6 Å². The molecule has 4 nitrogen and oxygen atoms in total. The second kappa shape index (κ2) is 5.47. The van der Waals surface area contributed by atoms with Crippen molar-refractivity contribution in [3.8, 4) is 0 Å². The summed E-state index contributed by atoms with van der Waals surface area (Å²) in [6.07, 6.45) is 0. The summed E-state index contributed by atoms with van der Waals surface area (Å²) >= 11 is 0. The third kappa shape index (κ3) is 3.18. The molecule has 0 aromatic carbocycles. The molecule has 1 aliphatic rings. The van der Waals surface area contributed by atoms with Gasteiger partial charge in [0.25, 0.3) is 0 Å². The molecule has 0 aliphatic carbocycles. The first kappa shape index (κ1) is 12.5. The number of hydrogen-bond donors (Lipinski definition) is 1. The number of carbonyl (C=O) groups is 1. The van der Waals surface area contributed by atoms with E-state index in [1.165, 1.54) is 0 Å². The molecule has 1 saturated heterocycles. The summed E-state index contributed by atoms with van der Waals surface area (Å²) in [5, 5.41) is 3.20. The molecular formula is C11H23N3O. The molecule has 2 unspecified atom stereocenters. The summed E-state index contributed by atoms with van der Waals surface area (Å²) in [4.78, 5) is 16.0. The summed E-state index contributed by atoms with van der Waals surface area (Å²) < 4.78 is 0. The van der Waals surface area contributed by atoms with Gasteiger partial charge in [0, 0.05) is 31.7 Å². The standard InChI is InChI=1S/C11H23N3O/c1-5-14-10(3)7-13(8-11(14)15)6-9(2)12-4/h9-10,12H,5-8H2,1-4H3. The fourth-order valence-electron chi connectivity index (χ4n) is 2.17. The highest BCUT2D eigenvalue weighted by Crippen LogP contribution is 2.10. The minimum atomic E-state index is 0.263. The molecule has 15 heavy (non-hydrogen) atoms. The van der Waals surface area contributed by atoms with Crippen LogP contribution in [0.15, 0.2) is 0 Å². The number of likely N-dealkylation sites (N-methyl/N-ethyl adjacent to an activating group) is 2. The van der Waals surface area contributed by atoms with Gasteiger partial charge in [0.2, 0.25) is 5.91 Å². The van der Waals surface area contributed by atoms with E-state index in [2.05, 4.69) is 24.1 Å². The SMILES string of the molecule is CCN1C(=O)CN(CC(C)NC)CC1C. The van der Waals surface area contributed by atoms with Crippen LogP contribution in [0.4, 0.5) is 0 Å². The monoisotopic (exact) mass is 213 g/mol. The molecule has 1 amide bonds. The largest absolute Gasteiger partial charge is 0.338 e. The summed E-state index contributed by atoms with van der Waals surface area (Å²) in [6, 6.07) is 0.790. The van der Waals surface area contributed by atoms with E-state index in [-0.39, 0.29) is 5.91 Å². The molecule has 1 aliphatic heterocycles. The molecular weight excluding hydrogens is 190 g/mol. The maximum atomic E-state index is 11.8. The van der Waals surface area contributed by atoms with Crippen LogP contribution in [-0.4, -0.2) is 61.0 Å². The van der Waals surface area contributed by atoms with Crippen LogP contribution in [0.3, 0.4) is 0 Å². The Balaban J connectivity index is 2.49. The molecule has 0 radical (unpaired) electrons. The van der Waals surface area contributed by atoms with Crippen molar-refractivity contribution in [3.63, 3.8) is 0 Å². The first-order valence-corrected chi connectivity index (χ1v) is 5.77. The number of amides is 1. The van der Waals surface area contributed by atoms with Crippen molar-refractivity contribution in [1.82, 2.24) is 15.1 Å². The quantitative estimate of drug-likeness (QED) is 0.722. The number of piperazine rings is 1. The molecule has 0 aromatic heterocycles. The molecule has 4 heteroatoms. The molecule has 1 N–H and O–H groups in total. The highest BCUT2D eigenvalue weighted by Gasteiger charge is 2.28. The average Bonchev–Trinajstić information content (AvgIpc) is 2.17. The van der Waals surface area contributed by atoms with Crippen LogP contribution in [-0.2, 0) is 4.79 Å². The minimum Gasteiger partial charge on any atom is -0.338 e. The van der Waals surface area contributed by atoms with Crippen molar-refractivity contribution < 1.29 is 4.79 Å². The Kier molecular flexibility index (Phi) is 4.54. The van der Waals surface area contributed by atoms with Gasteiger partial charge >= 0.3 is 0 Å². The Hall–Kier alpha value is -0.610. The van der Waals surface area contributed by atoms with Crippen molar-refractivity contribution in [1.29, 1.82) is 0 Å². The molecule has 1 rings (SSSR count). The highest BCUT2D eigenvalue weighted by atomic mass is 16.2. The maximum absolute atomic E-state index is 11.8. The fraction of sp³-hybridized carbons (Fsp3) is 0.909. The lowest BCUT2D eigenvalue weighted by atomic mass is 10.1. The zero-order chi connectivity index (χ0) is 11.4. The van der Waals surface area contributed by atoms with Crippen molar-refractivity contribution in [2.75, 3.05) is 33.2 Å². The number of nitrogens with zero attached hydrogens (tertiary/aromatic N) is 2. The Labute approximate surface area is 92.6 Å². The van der Waals surface area contributed by atoms with Crippen molar-refractivity contribution >= 4 is 5.91 Å². The molecule has 0 aromatic rings. The smallest absolute Gasteiger partial charge is 0.237 e. The summed E-state index contributed by atoms with van der Waals surface area (Å²) in [5.41, 5.74) is 0. The lowest BCUT2D eigenvalue weighted by Crippen LogP contribution is -2.56. The Morgan fingerprint density at radius 1 is 1.60 bits per heavy atom. The predicted molar refractivity (Wildman–Crippen MR) is 61.8 cm³/mol. The van der Waals surface area contributed by atoms with Crippen LogP contribution in [0.2, 0.25) is 0 Å². The van der Waals surface area contributed by atoms with Crippen molar-refractivity contribution in [3.05, 3.63) is 0 Å². The topological polar surface area (TPSA) is 35.6 Å². The average molecular weight is 213 g/mol. The van der Waals surface area contributed by atoms with Crippen LogP contribution in [0.1, 0.15) is 20.8 Å². The first-order valence-electron chi connectivity index (χ1n) is 5.77. The normalized spacial score (nSPS) is 25.7. The molecule has 0 spiro atoms. The van der Waals surface area contributed by atoms with Gasteiger partial charge < -0.3 is 10.2 Å². The van der Waals surface area contributed by atoms with E-state index in [1.54, 1.807) is 0 Å². The maximum Gasteiger partial charge on any atom is 0.237 e. The summed E-state index contributed by atoms with van der Waals surface area (Å²) in [5.74, 6) is 0.263. The van der Waals surface area contributed by atoms with E-state index < -0.39 is 0 Å². The van der Waals surface area contributed by atoms with Crippen LogP contribution >= 0.6 is 0 Å². The van der Waals surface area contributed by atoms with Crippen molar-refractivity contribution in [2.45, 2.75) is 32.9 Å². The summed E-state index contributed by atoms with van der Waals surface area (Å²) in [6.45, 7) is 9.65. The van der Waals surface area contributed by atoms with Gasteiger partial charge in [-0.3, -0.25) is 9.69 Å². The second-order valence-corrected chi connectivity index (χ2v) is 4.41. The van der Waals surface area contributed by atoms with Crippen LogP contribution < -0.4 is 5.32 Å². The first-order chi connectivity index (χ1) is 7.08. The van der Waals surface area contributed by atoms with E-state index in [4.69, 9.17) is 0 Å². The van der Waals surface area contributed by atoms with Crippen molar-refractivity contribution in [2.24, 2.45) is 0 Å². The zero-order valence-electron chi connectivity index (χ0n) is 10.3. The molecule has 1 heterocycles. The van der Waals surface area contributed by atoms with Gasteiger partial charge in [0.1, 0.15) is 0 Å². The van der Waals surface area contributed by atoms with Gasteiger partial charge in [-0.25, -0.2) is 0 Å². The van der Waals surface area contributed by atoms with Crippen LogP contribution in [0.25, 0.3) is 0 Å². The van der Waals surface area contributed by atoms with Gasteiger partial charge in [0.15, 0.2) is 0 Å². The molecule has 0 bridgehead atoms. The van der Waals surface area contributed by atoms with E-state index in [0.29, 0.717) is 18.6 Å². The van der Waals surface area contributed by atoms with Crippen LogP contribution in [0, 0.1) is 0 Å². The molecule has 1 fully saturated rings. The molecule has 88 valence electrons. The lowest BCUT2D eigenvalue weighted by Gasteiger charge is -2.39. The Morgan fingerprint density at radius 2 is 2.27 bits per heavy atom. The number of rotatable bonds is 4. The van der Waals surface area contributed by atoms with Gasteiger partial charge in [-0.2, -0.15) is 0 Å². The summed E-state index contributed by atoms with van der Waals surface area (Å²) in [7, 11) is 1.96. The lowest BCUT2D eigenvalue weighted by molar-refractivity contribution is -0.139. The predicted octanol–water partition coefficient (Wildman–Crippen LogP) is 0.147. The van der Waals surface area contributed by atoms with E-state index in [1.807, 2.05) is 18.9 Å². The Bertz CT molecular complexity index is 220. The minimum absolute atomic E-state index is 0.263.